The number of hydrogen-bond donors (Lipinski definition) is 0. The zero-order valence-corrected chi connectivity index (χ0v) is 7.58. The van der Waals surface area contributed by atoms with Crippen molar-refractivity contribution in [2.45, 2.75) is 12.4 Å². The average molecular weight is 238 g/mol. The van der Waals surface area contributed by atoms with Crippen LogP contribution in [-0.4, -0.2) is 0 Å². The summed E-state index contributed by atoms with van der Waals surface area (Å²) in [6.45, 7) is 0. The Bertz CT molecular complexity index is 432. The van der Waals surface area contributed by atoms with Crippen molar-refractivity contribution in [2.75, 3.05) is 0 Å². The molecule has 0 nitrogen and oxygen atoms in total. The second-order valence-electron chi connectivity index (χ2n) is 2.87. The molecule has 0 amide bonds. The highest BCUT2D eigenvalue weighted by Crippen LogP contribution is 2.41. The van der Waals surface area contributed by atoms with Crippen molar-refractivity contribution in [1.29, 1.82) is 0 Å². The van der Waals surface area contributed by atoms with Gasteiger partial charge in [-0.25, -0.2) is 0 Å². The van der Waals surface area contributed by atoms with Crippen LogP contribution in [0.2, 0.25) is 0 Å². The maximum Gasteiger partial charge on any atom is 0.418 e. The van der Waals surface area contributed by atoms with Crippen LogP contribution in [-0.2, 0) is 12.4 Å². The third-order valence-corrected chi connectivity index (χ3v) is 1.81. The summed E-state index contributed by atoms with van der Waals surface area (Å²) in [5, 5.41) is 0. The van der Waals surface area contributed by atoms with Crippen LogP contribution in [0.5, 0.6) is 0 Å². The highest BCUT2D eigenvalue weighted by molar-refractivity contribution is 5.47. The van der Waals surface area contributed by atoms with Crippen molar-refractivity contribution >= 4 is 0 Å². The van der Waals surface area contributed by atoms with Crippen molar-refractivity contribution in [3.05, 3.63) is 34.9 Å². The lowest BCUT2D eigenvalue weighted by Gasteiger charge is -2.16. The van der Waals surface area contributed by atoms with E-state index in [4.69, 9.17) is 6.42 Å². The minimum absolute atomic E-state index is 0.351. The van der Waals surface area contributed by atoms with Crippen LogP contribution in [0, 0.1) is 12.3 Å². The van der Waals surface area contributed by atoms with Gasteiger partial charge in [0.15, 0.2) is 0 Å². The Labute approximate surface area is 86.9 Å². The summed E-state index contributed by atoms with van der Waals surface area (Å²) in [5.41, 5.74) is -4.40. The predicted octanol–water partition coefficient (Wildman–Crippen LogP) is 3.71. The maximum atomic E-state index is 12.4. The van der Waals surface area contributed by atoms with Crippen LogP contribution in [0.25, 0.3) is 0 Å². The SMILES string of the molecule is C#Cc1cccc(C(F)(F)F)c1C(F)(F)F. The summed E-state index contributed by atoms with van der Waals surface area (Å²) in [6, 6.07) is 2.01. The van der Waals surface area contributed by atoms with Gasteiger partial charge < -0.3 is 0 Å². The first kappa shape index (κ1) is 12.4. The summed E-state index contributed by atoms with van der Waals surface area (Å²) in [7, 11) is 0. The molecule has 0 aliphatic carbocycles. The monoisotopic (exact) mass is 238 g/mol. The quantitative estimate of drug-likeness (QED) is 0.477. The maximum absolute atomic E-state index is 12.4. The minimum atomic E-state index is -5.13. The normalized spacial score (nSPS) is 12.3. The molecule has 1 rings (SSSR count). The van der Waals surface area contributed by atoms with Gasteiger partial charge in [0.2, 0.25) is 0 Å². The number of halogens is 6. The zero-order valence-electron chi connectivity index (χ0n) is 7.58. The molecule has 0 spiro atoms. The first-order valence-corrected chi connectivity index (χ1v) is 3.92. The lowest BCUT2D eigenvalue weighted by Crippen LogP contribution is -2.18. The number of terminal acetylenes is 1. The van der Waals surface area contributed by atoms with Gasteiger partial charge in [-0.3, -0.25) is 0 Å². The molecule has 0 radical (unpaired) electrons. The molecule has 86 valence electrons. The third-order valence-electron chi connectivity index (χ3n) is 1.81. The van der Waals surface area contributed by atoms with Gasteiger partial charge in [0, 0.05) is 5.56 Å². The second-order valence-corrected chi connectivity index (χ2v) is 2.87. The van der Waals surface area contributed by atoms with Gasteiger partial charge in [0.25, 0.3) is 0 Å². The van der Waals surface area contributed by atoms with Crippen molar-refractivity contribution in [1.82, 2.24) is 0 Å². The number of benzene rings is 1. The van der Waals surface area contributed by atoms with Crippen molar-refractivity contribution in [3.63, 3.8) is 0 Å². The Morgan fingerprint density at radius 2 is 1.50 bits per heavy atom. The molecule has 6 heteroatoms. The average Bonchev–Trinajstić information content (AvgIpc) is 2.13. The van der Waals surface area contributed by atoms with E-state index in [0.29, 0.717) is 6.07 Å². The van der Waals surface area contributed by atoms with Gasteiger partial charge in [0.05, 0.1) is 11.1 Å². The van der Waals surface area contributed by atoms with Crippen LogP contribution >= 0.6 is 0 Å². The first-order chi connectivity index (χ1) is 7.18. The minimum Gasteiger partial charge on any atom is -0.166 e. The molecule has 0 saturated heterocycles. The second kappa shape index (κ2) is 3.74. The largest absolute Gasteiger partial charge is 0.418 e. The van der Waals surface area contributed by atoms with E-state index >= 15 is 0 Å². The molecule has 0 N–H and O–H groups in total. The van der Waals surface area contributed by atoms with E-state index < -0.39 is 29.0 Å². The molecule has 1 aromatic carbocycles. The van der Waals surface area contributed by atoms with E-state index in [-0.39, 0.29) is 0 Å². The molecule has 0 aromatic heterocycles. The number of alkyl halides is 6. The summed E-state index contributed by atoms with van der Waals surface area (Å²) >= 11 is 0. The Morgan fingerprint density at radius 1 is 0.938 bits per heavy atom. The summed E-state index contributed by atoms with van der Waals surface area (Å²) < 4.78 is 74.3. The molecule has 0 aliphatic heterocycles. The van der Waals surface area contributed by atoms with Gasteiger partial charge in [-0.1, -0.05) is 12.0 Å². The van der Waals surface area contributed by atoms with E-state index in [1.807, 2.05) is 0 Å². The Kier molecular flexibility index (Phi) is 2.91. The van der Waals surface area contributed by atoms with Gasteiger partial charge >= 0.3 is 12.4 Å². The van der Waals surface area contributed by atoms with Crippen molar-refractivity contribution in [2.24, 2.45) is 0 Å². The Balaban J connectivity index is 3.59. The van der Waals surface area contributed by atoms with Crippen LogP contribution in [0.3, 0.4) is 0 Å². The molecule has 1 aromatic rings. The Hall–Kier alpha value is -1.64. The Morgan fingerprint density at radius 3 is 1.88 bits per heavy atom. The smallest absolute Gasteiger partial charge is 0.166 e. The number of hydrogen-bond acceptors (Lipinski definition) is 0. The lowest BCUT2D eigenvalue weighted by atomic mass is 10.0. The molecule has 0 unspecified atom stereocenters. The van der Waals surface area contributed by atoms with Crippen LogP contribution in [0.1, 0.15) is 16.7 Å². The van der Waals surface area contributed by atoms with Gasteiger partial charge in [-0.05, 0) is 12.1 Å². The fraction of sp³-hybridized carbons (Fsp3) is 0.200. The molecule has 0 saturated carbocycles. The van der Waals surface area contributed by atoms with E-state index in [2.05, 4.69) is 0 Å². The summed E-state index contributed by atoms with van der Waals surface area (Å²) in [4.78, 5) is 0. The standard InChI is InChI=1S/C10H4F6/c1-2-6-4-3-5-7(9(11,12)13)8(6)10(14,15)16/h1,3-5H. The van der Waals surface area contributed by atoms with Gasteiger partial charge in [0.1, 0.15) is 0 Å². The van der Waals surface area contributed by atoms with E-state index in [0.717, 1.165) is 12.1 Å². The fourth-order valence-corrected chi connectivity index (χ4v) is 1.21. The predicted molar refractivity (Wildman–Crippen MR) is 44.4 cm³/mol. The lowest BCUT2D eigenvalue weighted by molar-refractivity contribution is -0.162. The third kappa shape index (κ3) is 2.30. The molecule has 0 fully saturated rings. The van der Waals surface area contributed by atoms with Crippen molar-refractivity contribution < 1.29 is 26.3 Å². The first-order valence-electron chi connectivity index (χ1n) is 3.92. The highest BCUT2D eigenvalue weighted by atomic mass is 19.4. The van der Waals surface area contributed by atoms with Crippen molar-refractivity contribution in [3.8, 4) is 12.3 Å². The summed E-state index contributed by atoms with van der Waals surface area (Å²) in [5.74, 6) is 1.59. The topological polar surface area (TPSA) is 0 Å². The molecular formula is C10H4F6. The molecule has 0 bridgehead atoms. The molecule has 0 atom stereocenters. The van der Waals surface area contributed by atoms with Gasteiger partial charge in [-0.15, -0.1) is 6.42 Å². The molecule has 0 aliphatic rings. The number of rotatable bonds is 0. The zero-order chi connectivity index (χ0) is 12.6. The molecule has 16 heavy (non-hydrogen) atoms. The molecular weight excluding hydrogens is 234 g/mol. The molecule has 0 heterocycles. The van der Waals surface area contributed by atoms with Gasteiger partial charge in [-0.2, -0.15) is 26.3 Å². The van der Waals surface area contributed by atoms with E-state index in [1.54, 1.807) is 5.92 Å². The van der Waals surface area contributed by atoms with E-state index in [9.17, 15) is 26.3 Å². The van der Waals surface area contributed by atoms with E-state index in [1.165, 1.54) is 0 Å². The van der Waals surface area contributed by atoms with Crippen LogP contribution in [0.15, 0.2) is 18.2 Å². The van der Waals surface area contributed by atoms with Crippen LogP contribution in [0.4, 0.5) is 26.3 Å². The highest BCUT2D eigenvalue weighted by Gasteiger charge is 2.44. The van der Waals surface area contributed by atoms with Crippen LogP contribution < -0.4 is 0 Å². The fourth-order valence-electron chi connectivity index (χ4n) is 1.21. The summed E-state index contributed by atoms with van der Waals surface area (Å²) in [6.07, 6.45) is -5.47.